The smallest absolute Gasteiger partial charge is 0.358 e. The number of ether oxygens (including phenoxy) is 1. The van der Waals surface area contributed by atoms with Crippen molar-refractivity contribution in [2.75, 3.05) is 12.4 Å². The second-order valence-corrected chi connectivity index (χ2v) is 4.78. The van der Waals surface area contributed by atoms with E-state index in [4.69, 9.17) is 0 Å². The van der Waals surface area contributed by atoms with Crippen molar-refractivity contribution in [3.8, 4) is 5.69 Å². The van der Waals surface area contributed by atoms with Crippen molar-refractivity contribution in [1.29, 1.82) is 0 Å². The predicted molar refractivity (Wildman–Crippen MR) is 84.3 cm³/mol. The van der Waals surface area contributed by atoms with E-state index in [2.05, 4.69) is 25.3 Å². The first kappa shape index (κ1) is 14.7. The van der Waals surface area contributed by atoms with E-state index in [1.807, 2.05) is 41.2 Å². The molecule has 0 spiro atoms. The van der Waals surface area contributed by atoms with E-state index in [0.29, 0.717) is 12.4 Å². The van der Waals surface area contributed by atoms with Gasteiger partial charge in [-0.3, -0.25) is 0 Å². The zero-order valence-corrected chi connectivity index (χ0v) is 12.5. The molecule has 3 rings (SSSR count). The van der Waals surface area contributed by atoms with Crippen molar-refractivity contribution in [2.24, 2.45) is 0 Å². The third-order valence-corrected chi connectivity index (χ3v) is 3.19. The predicted octanol–water partition coefficient (Wildman–Crippen LogP) is 2.06. The lowest BCUT2D eigenvalue weighted by Gasteiger charge is -2.03. The van der Waals surface area contributed by atoms with Gasteiger partial charge in [0.2, 0.25) is 0 Å². The number of hydrogen-bond donors (Lipinski definition) is 1. The van der Waals surface area contributed by atoms with Crippen LogP contribution in [0, 0.1) is 0 Å². The third kappa shape index (κ3) is 3.52. The van der Waals surface area contributed by atoms with E-state index in [1.54, 1.807) is 18.3 Å². The molecule has 0 atom stereocenters. The highest BCUT2D eigenvalue weighted by Crippen LogP contribution is 2.09. The first-order valence-electron chi connectivity index (χ1n) is 7.01. The molecule has 2 heterocycles. The molecule has 0 saturated carbocycles. The van der Waals surface area contributed by atoms with Crippen LogP contribution in [0.2, 0.25) is 0 Å². The summed E-state index contributed by atoms with van der Waals surface area (Å²) in [6.07, 6.45) is 3.73. The number of methoxy groups -OCH3 is 1. The third-order valence-electron chi connectivity index (χ3n) is 3.19. The molecule has 1 aromatic carbocycles. The van der Waals surface area contributed by atoms with Gasteiger partial charge in [0.15, 0.2) is 5.69 Å². The molecule has 0 unspecified atom stereocenters. The van der Waals surface area contributed by atoms with E-state index < -0.39 is 5.97 Å². The minimum Gasteiger partial charge on any atom is -0.464 e. The van der Waals surface area contributed by atoms with E-state index in [1.165, 1.54) is 7.11 Å². The molecule has 1 N–H and O–H groups in total. The number of hydrogen-bond acceptors (Lipinski definition) is 6. The van der Waals surface area contributed by atoms with E-state index >= 15 is 0 Å². The Kier molecular flexibility index (Phi) is 4.28. The summed E-state index contributed by atoms with van der Waals surface area (Å²) < 4.78 is 6.39. The first-order valence-corrected chi connectivity index (χ1v) is 7.01. The minimum atomic E-state index is -0.506. The van der Waals surface area contributed by atoms with Crippen LogP contribution >= 0.6 is 0 Å². The number of anilines is 1. The van der Waals surface area contributed by atoms with Crippen molar-refractivity contribution in [3.05, 3.63) is 66.1 Å². The fourth-order valence-electron chi connectivity index (χ4n) is 2.01. The molecule has 2 aromatic heterocycles. The lowest BCUT2D eigenvalue weighted by atomic mass is 10.3. The Morgan fingerprint density at radius 1 is 1.17 bits per heavy atom. The number of para-hydroxylation sites is 1. The highest BCUT2D eigenvalue weighted by molar-refractivity contribution is 5.86. The number of nitrogens with zero attached hydrogens (tertiary/aromatic N) is 4. The largest absolute Gasteiger partial charge is 0.464 e. The summed E-state index contributed by atoms with van der Waals surface area (Å²) in [6.45, 7) is 0.555. The lowest BCUT2D eigenvalue weighted by Crippen LogP contribution is -2.07. The van der Waals surface area contributed by atoms with Gasteiger partial charge >= 0.3 is 5.97 Å². The average molecular weight is 309 g/mol. The molecule has 0 saturated heterocycles. The number of benzene rings is 1. The second-order valence-electron chi connectivity index (χ2n) is 4.78. The van der Waals surface area contributed by atoms with Gasteiger partial charge in [-0.25, -0.2) is 9.48 Å². The van der Waals surface area contributed by atoms with Crippen LogP contribution in [0.3, 0.4) is 0 Å². The molecule has 0 aliphatic heterocycles. The quantitative estimate of drug-likeness (QED) is 0.727. The summed E-state index contributed by atoms with van der Waals surface area (Å²) in [6, 6.07) is 13.1. The lowest BCUT2D eigenvalue weighted by molar-refractivity contribution is 0.0593. The zero-order valence-electron chi connectivity index (χ0n) is 12.5. The second kappa shape index (κ2) is 6.69. The maximum absolute atomic E-state index is 11.3. The van der Waals surface area contributed by atoms with Crippen molar-refractivity contribution in [1.82, 2.24) is 20.0 Å². The van der Waals surface area contributed by atoms with Crippen LogP contribution in [0.15, 0.2) is 54.9 Å². The van der Waals surface area contributed by atoms with E-state index in [-0.39, 0.29) is 5.69 Å². The van der Waals surface area contributed by atoms with Crippen molar-refractivity contribution < 1.29 is 9.53 Å². The van der Waals surface area contributed by atoms with Crippen LogP contribution in [-0.2, 0) is 11.3 Å². The molecule has 7 heteroatoms. The molecule has 0 aliphatic rings. The number of aromatic nitrogens is 4. The number of esters is 1. The summed E-state index contributed by atoms with van der Waals surface area (Å²) in [5, 5.41) is 15.2. The maximum Gasteiger partial charge on any atom is 0.358 e. The molecule has 23 heavy (non-hydrogen) atoms. The summed E-state index contributed by atoms with van der Waals surface area (Å²) >= 11 is 0. The molecular weight excluding hydrogens is 294 g/mol. The number of rotatable bonds is 5. The van der Waals surface area contributed by atoms with Gasteiger partial charge in [0.25, 0.3) is 0 Å². The highest BCUT2D eigenvalue weighted by Gasteiger charge is 2.07. The van der Waals surface area contributed by atoms with Crippen molar-refractivity contribution in [2.45, 2.75) is 6.54 Å². The normalized spacial score (nSPS) is 10.3. The van der Waals surface area contributed by atoms with E-state index in [9.17, 15) is 4.79 Å². The van der Waals surface area contributed by atoms with Crippen LogP contribution in [0.1, 0.15) is 16.1 Å². The van der Waals surface area contributed by atoms with Gasteiger partial charge < -0.3 is 10.1 Å². The SMILES string of the molecule is COC(=O)c1ccc(NCc2cnn(-c3ccccc3)c2)nn1. The molecule has 7 nitrogen and oxygen atoms in total. The van der Waals surface area contributed by atoms with Gasteiger partial charge in [0.05, 0.1) is 19.0 Å². The summed E-state index contributed by atoms with van der Waals surface area (Å²) in [7, 11) is 1.31. The molecule has 116 valence electrons. The Morgan fingerprint density at radius 2 is 2.00 bits per heavy atom. The topological polar surface area (TPSA) is 81.9 Å². The molecule has 0 radical (unpaired) electrons. The molecule has 0 bridgehead atoms. The highest BCUT2D eigenvalue weighted by atomic mass is 16.5. The first-order chi connectivity index (χ1) is 11.3. The molecule has 0 fully saturated rings. The molecule has 3 aromatic rings. The Balaban J connectivity index is 1.63. The van der Waals surface area contributed by atoms with Crippen molar-refractivity contribution in [3.63, 3.8) is 0 Å². The van der Waals surface area contributed by atoms with Crippen molar-refractivity contribution >= 4 is 11.8 Å². The summed E-state index contributed by atoms with van der Waals surface area (Å²) in [5.74, 6) is 0.0679. The summed E-state index contributed by atoms with van der Waals surface area (Å²) in [5.41, 5.74) is 2.18. The van der Waals surface area contributed by atoms with Crippen LogP contribution in [0.25, 0.3) is 5.69 Å². The van der Waals surface area contributed by atoms with Gasteiger partial charge in [-0.15, -0.1) is 10.2 Å². The van der Waals surface area contributed by atoms with Crippen LogP contribution in [0.4, 0.5) is 5.82 Å². The van der Waals surface area contributed by atoms with Crippen LogP contribution < -0.4 is 5.32 Å². The number of carbonyl (C=O) groups is 1. The number of carbonyl (C=O) groups excluding carboxylic acids is 1. The maximum atomic E-state index is 11.3. The Bertz CT molecular complexity index is 784. The average Bonchev–Trinajstić information content (AvgIpc) is 3.09. The van der Waals surface area contributed by atoms with E-state index in [0.717, 1.165) is 11.3 Å². The van der Waals surface area contributed by atoms with Gasteiger partial charge in [-0.05, 0) is 24.3 Å². The fourth-order valence-corrected chi connectivity index (χ4v) is 2.01. The van der Waals surface area contributed by atoms with Crippen LogP contribution in [-0.4, -0.2) is 33.1 Å². The monoisotopic (exact) mass is 309 g/mol. The van der Waals surface area contributed by atoms with Gasteiger partial charge in [-0.2, -0.15) is 5.10 Å². The minimum absolute atomic E-state index is 0.176. The number of nitrogens with one attached hydrogen (secondary N) is 1. The Hall–Kier alpha value is -3.22. The zero-order chi connectivity index (χ0) is 16.1. The fraction of sp³-hybridized carbons (Fsp3) is 0.125. The molecule has 0 aliphatic carbocycles. The van der Waals surface area contributed by atoms with Gasteiger partial charge in [0, 0.05) is 18.3 Å². The van der Waals surface area contributed by atoms with Gasteiger partial charge in [-0.1, -0.05) is 18.2 Å². The standard InChI is InChI=1S/C16H15N5O2/c1-23-16(22)14-7-8-15(20-19-14)17-9-12-10-18-21(11-12)13-5-3-2-4-6-13/h2-8,10-11H,9H2,1H3,(H,17,20). The Labute approximate surface area is 132 Å². The molecular formula is C16H15N5O2. The Morgan fingerprint density at radius 3 is 2.70 bits per heavy atom. The molecule has 0 amide bonds. The van der Waals surface area contributed by atoms with Gasteiger partial charge in [0.1, 0.15) is 5.82 Å². The van der Waals surface area contributed by atoms with Crippen LogP contribution in [0.5, 0.6) is 0 Å². The summed E-state index contributed by atoms with van der Waals surface area (Å²) in [4.78, 5) is 11.3.